The predicted octanol–water partition coefficient (Wildman–Crippen LogP) is 11.3. The van der Waals surface area contributed by atoms with Gasteiger partial charge < -0.3 is 10.2 Å². The number of carboxylic acid groups (broad SMARTS) is 1. The van der Waals surface area contributed by atoms with Crippen LogP contribution in [0.2, 0.25) is 0 Å². The number of aromatic hydroxyl groups is 1. The molecule has 1 atom stereocenters. The molecule has 1 unspecified atom stereocenters. The van der Waals surface area contributed by atoms with Crippen LogP contribution in [0.4, 0.5) is 0 Å². The zero-order valence-electron chi connectivity index (χ0n) is 27.0. The molecule has 0 saturated carbocycles. The second kappa shape index (κ2) is 18.8. The van der Waals surface area contributed by atoms with Gasteiger partial charge in [-0.3, -0.25) is 4.79 Å². The molecule has 0 aliphatic heterocycles. The minimum absolute atomic E-state index is 0.138. The van der Waals surface area contributed by atoms with Crippen molar-refractivity contribution in [1.29, 1.82) is 0 Å². The van der Waals surface area contributed by atoms with Gasteiger partial charge >= 0.3 is 5.97 Å². The normalized spacial score (nSPS) is 13.1. The van der Waals surface area contributed by atoms with Gasteiger partial charge in [0, 0.05) is 6.42 Å². The van der Waals surface area contributed by atoms with Crippen molar-refractivity contribution in [3.63, 3.8) is 0 Å². The second-order valence-electron chi connectivity index (χ2n) is 14.3. The summed E-state index contributed by atoms with van der Waals surface area (Å²) in [6.45, 7) is 15.1. The first-order valence-corrected chi connectivity index (χ1v) is 16.4. The Balaban J connectivity index is 2.40. The molecule has 226 valence electrons. The van der Waals surface area contributed by atoms with Crippen molar-refractivity contribution in [3.05, 3.63) is 28.8 Å². The van der Waals surface area contributed by atoms with Crippen molar-refractivity contribution in [2.24, 2.45) is 5.92 Å². The van der Waals surface area contributed by atoms with E-state index >= 15 is 0 Å². The molecule has 1 aromatic rings. The van der Waals surface area contributed by atoms with Gasteiger partial charge in [-0.1, -0.05) is 163 Å². The molecule has 1 rings (SSSR count). The van der Waals surface area contributed by atoms with Crippen molar-refractivity contribution < 1.29 is 15.0 Å². The highest BCUT2D eigenvalue weighted by molar-refractivity contribution is 5.67. The van der Waals surface area contributed by atoms with E-state index < -0.39 is 5.97 Å². The Bertz CT molecular complexity index is 761. The van der Waals surface area contributed by atoms with Crippen LogP contribution in [-0.4, -0.2) is 16.2 Å². The van der Waals surface area contributed by atoms with E-state index in [0.717, 1.165) is 36.0 Å². The maximum Gasteiger partial charge on any atom is 0.303 e. The number of carbonyl (C=O) groups is 1. The Hall–Kier alpha value is -1.51. The van der Waals surface area contributed by atoms with E-state index in [1.807, 2.05) is 0 Å². The maximum atomic E-state index is 11.6. The number of phenolic OH excluding ortho intramolecular Hbond substituents is 1. The van der Waals surface area contributed by atoms with Gasteiger partial charge in [0.25, 0.3) is 0 Å². The molecule has 1 aromatic carbocycles. The van der Waals surface area contributed by atoms with Crippen molar-refractivity contribution >= 4 is 5.97 Å². The van der Waals surface area contributed by atoms with Gasteiger partial charge in [-0.2, -0.15) is 0 Å². The van der Waals surface area contributed by atoms with Crippen LogP contribution < -0.4 is 0 Å². The van der Waals surface area contributed by atoms with Crippen LogP contribution in [0.1, 0.15) is 181 Å². The fourth-order valence-corrected chi connectivity index (χ4v) is 5.79. The molecule has 0 aromatic heterocycles. The van der Waals surface area contributed by atoms with E-state index in [9.17, 15) is 15.0 Å². The van der Waals surface area contributed by atoms with E-state index in [1.165, 1.54) is 96.3 Å². The zero-order chi connectivity index (χ0) is 29.3. The molecule has 39 heavy (non-hydrogen) atoms. The van der Waals surface area contributed by atoms with E-state index in [1.54, 1.807) is 0 Å². The molecule has 0 fully saturated rings. The summed E-state index contributed by atoms with van der Waals surface area (Å²) < 4.78 is 0. The molecule has 0 heterocycles. The highest BCUT2D eigenvalue weighted by Gasteiger charge is 2.27. The smallest absolute Gasteiger partial charge is 0.303 e. The number of rotatable bonds is 21. The van der Waals surface area contributed by atoms with Gasteiger partial charge in [0.15, 0.2) is 0 Å². The van der Waals surface area contributed by atoms with E-state index in [2.05, 4.69) is 60.6 Å². The minimum atomic E-state index is -0.706. The second-order valence-corrected chi connectivity index (χ2v) is 14.3. The molecule has 3 heteroatoms. The summed E-state index contributed by atoms with van der Waals surface area (Å²) in [5, 5.41) is 20.6. The number of unbranched alkanes of at least 4 members (excludes halogenated alkanes) is 15. The Morgan fingerprint density at radius 2 is 1.03 bits per heavy atom. The Morgan fingerprint density at radius 1 is 0.667 bits per heavy atom. The lowest BCUT2D eigenvalue weighted by molar-refractivity contribution is -0.138. The predicted molar refractivity (Wildman–Crippen MR) is 169 cm³/mol. The highest BCUT2D eigenvalue weighted by atomic mass is 16.4. The van der Waals surface area contributed by atoms with Gasteiger partial charge in [-0.25, -0.2) is 0 Å². The maximum absolute atomic E-state index is 11.6. The van der Waals surface area contributed by atoms with E-state index in [4.69, 9.17) is 0 Å². The van der Waals surface area contributed by atoms with Crippen LogP contribution in [-0.2, 0) is 22.0 Å². The Kier molecular flexibility index (Phi) is 17.1. The third-order valence-corrected chi connectivity index (χ3v) is 8.24. The first-order chi connectivity index (χ1) is 18.4. The monoisotopic (exact) mass is 544 g/mol. The largest absolute Gasteiger partial charge is 0.507 e. The van der Waals surface area contributed by atoms with Crippen LogP contribution in [0.15, 0.2) is 12.1 Å². The van der Waals surface area contributed by atoms with Crippen LogP contribution in [0, 0.1) is 5.92 Å². The van der Waals surface area contributed by atoms with Crippen molar-refractivity contribution in [3.8, 4) is 5.75 Å². The first kappa shape index (κ1) is 35.5. The number of hydrogen-bond donors (Lipinski definition) is 2. The van der Waals surface area contributed by atoms with Gasteiger partial charge in [0.1, 0.15) is 5.75 Å². The molecule has 3 nitrogen and oxygen atoms in total. The van der Waals surface area contributed by atoms with Crippen LogP contribution >= 0.6 is 0 Å². The van der Waals surface area contributed by atoms with Crippen LogP contribution in [0.3, 0.4) is 0 Å². The Morgan fingerprint density at radius 3 is 1.36 bits per heavy atom. The number of phenols is 1. The van der Waals surface area contributed by atoms with Crippen LogP contribution in [0.5, 0.6) is 5.75 Å². The molecular formula is C36H64O3. The summed E-state index contributed by atoms with van der Waals surface area (Å²) in [4.78, 5) is 11.6. The van der Waals surface area contributed by atoms with Gasteiger partial charge in [0.2, 0.25) is 0 Å². The molecule has 0 spiro atoms. The first-order valence-electron chi connectivity index (χ1n) is 16.4. The average molecular weight is 545 g/mol. The van der Waals surface area contributed by atoms with Crippen LogP contribution in [0.25, 0.3) is 0 Å². The van der Waals surface area contributed by atoms with E-state index in [0.29, 0.717) is 5.75 Å². The summed E-state index contributed by atoms with van der Waals surface area (Å²) in [5.41, 5.74) is 2.74. The quantitative estimate of drug-likeness (QED) is 0.151. The molecule has 0 aliphatic rings. The van der Waals surface area contributed by atoms with E-state index in [-0.39, 0.29) is 23.2 Å². The fraction of sp³-hybridized carbons (Fsp3) is 0.806. The third-order valence-electron chi connectivity index (χ3n) is 8.24. The molecule has 0 radical (unpaired) electrons. The molecule has 0 saturated heterocycles. The third kappa shape index (κ3) is 15.8. The van der Waals surface area contributed by atoms with Crippen molar-refractivity contribution in [2.45, 2.75) is 181 Å². The number of aliphatic carboxylic acids is 1. The summed E-state index contributed by atoms with van der Waals surface area (Å²) in [6.07, 6.45) is 23.6. The molecule has 2 N–H and O–H groups in total. The molecule has 0 aliphatic carbocycles. The van der Waals surface area contributed by atoms with Gasteiger partial charge in [-0.15, -0.1) is 0 Å². The summed E-state index contributed by atoms with van der Waals surface area (Å²) in [5.74, 6) is -0.173. The topological polar surface area (TPSA) is 57.5 Å². The highest BCUT2D eigenvalue weighted by Crippen LogP contribution is 2.40. The summed E-state index contributed by atoms with van der Waals surface area (Å²) in [6, 6.07) is 4.24. The summed E-state index contributed by atoms with van der Waals surface area (Å²) in [7, 11) is 0. The standard InChI is InChI=1S/C36H64O3/c1-8-9-10-11-12-13-14-15-16-17-18-19-20-21-22-23-24-29(28-33(37)38)25-30-26-31(35(2,3)4)34(39)32(27-30)36(5,6)7/h26-27,29,39H,8-25,28H2,1-7H3,(H,37,38). The number of carboxylic acids is 1. The minimum Gasteiger partial charge on any atom is -0.507 e. The molecule has 0 bridgehead atoms. The SMILES string of the molecule is CCCCCCCCCCCCCCCCCCC(CC(=O)O)Cc1cc(C(C)(C)C)c(O)c(C(C)(C)C)c1. The fourth-order valence-electron chi connectivity index (χ4n) is 5.79. The average Bonchev–Trinajstić information content (AvgIpc) is 2.82. The lowest BCUT2D eigenvalue weighted by Gasteiger charge is -2.29. The van der Waals surface area contributed by atoms with Gasteiger partial charge in [0.05, 0.1) is 0 Å². The lowest BCUT2D eigenvalue weighted by Crippen LogP contribution is -2.19. The number of hydrogen-bond acceptors (Lipinski definition) is 2. The lowest BCUT2D eigenvalue weighted by atomic mass is 9.77. The zero-order valence-corrected chi connectivity index (χ0v) is 27.0. The summed E-state index contributed by atoms with van der Waals surface area (Å²) >= 11 is 0. The van der Waals surface area contributed by atoms with Gasteiger partial charge in [-0.05, 0) is 46.3 Å². The van der Waals surface area contributed by atoms with Crippen molar-refractivity contribution in [1.82, 2.24) is 0 Å². The molecule has 0 amide bonds. The number of benzene rings is 1. The Labute approximate surface area is 242 Å². The molecular weight excluding hydrogens is 480 g/mol. The van der Waals surface area contributed by atoms with Crippen molar-refractivity contribution in [2.75, 3.05) is 0 Å².